The van der Waals surface area contributed by atoms with Gasteiger partial charge in [0, 0.05) is 31.4 Å². The summed E-state index contributed by atoms with van der Waals surface area (Å²) in [5.41, 5.74) is 1.27. The topological polar surface area (TPSA) is 42.3 Å². The van der Waals surface area contributed by atoms with Gasteiger partial charge in [-0.05, 0) is 26.9 Å². The van der Waals surface area contributed by atoms with Crippen molar-refractivity contribution in [3.8, 4) is 0 Å². The molecular formula is C14H26N4O. The van der Waals surface area contributed by atoms with E-state index in [1.807, 2.05) is 17.9 Å². The number of aromatic nitrogens is 2. The van der Waals surface area contributed by atoms with Gasteiger partial charge in [0.05, 0.1) is 24.9 Å². The normalized spacial score (nSPS) is 24.8. The second-order valence-corrected chi connectivity index (χ2v) is 5.08. The Labute approximate surface area is 115 Å². The van der Waals surface area contributed by atoms with Crippen LogP contribution in [0.15, 0.2) is 12.4 Å². The van der Waals surface area contributed by atoms with Gasteiger partial charge >= 0.3 is 0 Å². The molecule has 1 aromatic rings. The van der Waals surface area contributed by atoms with Gasteiger partial charge in [0.1, 0.15) is 0 Å². The molecule has 1 saturated heterocycles. The van der Waals surface area contributed by atoms with E-state index in [0.29, 0.717) is 6.04 Å². The summed E-state index contributed by atoms with van der Waals surface area (Å²) in [4.78, 5) is 2.53. The van der Waals surface area contributed by atoms with E-state index in [4.69, 9.17) is 4.74 Å². The summed E-state index contributed by atoms with van der Waals surface area (Å²) < 4.78 is 7.95. The van der Waals surface area contributed by atoms with Crippen LogP contribution in [-0.4, -0.2) is 54.1 Å². The zero-order valence-electron chi connectivity index (χ0n) is 12.3. The zero-order chi connectivity index (χ0) is 13.7. The van der Waals surface area contributed by atoms with E-state index in [2.05, 4.69) is 35.4 Å². The van der Waals surface area contributed by atoms with Crippen LogP contribution in [0, 0.1) is 0 Å². The number of morpholine rings is 1. The summed E-state index contributed by atoms with van der Waals surface area (Å²) in [7, 11) is 1.98. The summed E-state index contributed by atoms with van der Waals surface area (Å²) in [6, 6.07) is 0.321. The van der Waals surface area contributed by atoms with Crippen molar-refractivity contribution in [2.24, 2.45) is 0 Å². The third kappa shape index (κ3) is 3.35. The van der Waals surface area contributed by atoms with Gasteiger partial charge < -0.3 is 10.1 Å². The Morgan fingerprint density at radius 1 is 1.47 bits per heavy atom. The Hall–Kier alpha value is -0.910. The molecular weight excluding hydrogens is 240 g/mol. The van der Waals surface area contributed by atoms with E-state index in [0.717, 1.165) is 32.8 Å². The van der Waals surface area contributed by atoms with Gasteiger partial charge in [0.2, 0.25) is 0 Å². The SMILES string of the molecule is CCCN1CCOC(CNC)C1c1cnn(CC)c1. The molecule has 0 radical (unpaired) electrons. The van der Waals surface area contributed by atoms with Gasteiger partial charge in [0.25, 0.3) is 0 Å². The fraction of sp³-hybridized carbons (Fsp3) is 0.786. The van der Waals surface area contributed by atoms with Gasteiger partial charge in [-0.15, -0.1) is 0 Å². The maximum Gasteiger partial charge on any atom is 0.0897 e. The van der Waals surface area contributed by atoms with Gasteiger partial charge in [-0.3, -0.25) is 9.58 Å². The highest BCUT2D eigenvalue weighted by molar-refractivity contribution is 5.14. The summed E-state index contributed by atoms with van der Waals surface area (Å²) in [6.07, 6.45) is 5.53. The van der Waals surface area contributed by atoms with E-state index < -0.39 is 0 Å². The summed E-state index contributed by atoms with van der Waals surface area (Å²) in [5, 5.41) is 7.65. The Kier molecular flexibility index (Phi) is 5.36. The molecule has 2 rings (SSSR count). The first-order valence-corrected chi connectivity index (χ1v) is 7.32. The Morgan fingerprint density at radius 2 is 2.32 bits per heavy atom. The van der Waals surface area contributed by atoms with Crippen molar-refractivity contribution < 1.29 is 4.74 Å². The highest BCUT2D eigenvalue weighted by Crippen LogP contribution is 2.29. The number of nitrogens with zero attached hydrogens (tertiary/aromatic N) is 3. The lowest BCUT2D eigenvalue weighted by molar-refractivity contribution is -0.0704. The molecule has 19 heavy (non-hydrogen) atoms. The standard InChI is InChI=1S/C14H26N4O/c1-4-6-17-7-8-19-13(10-15-3)14(17)12-9-16-18(5-2)11-12/h9,11,13-15H,4-8,10H2,1-3H3. The predicted octanol–water partition coefficient (Wildman–Crippen LogP) is 1.27. The molecule has 5 heteroatoms. The first kappa shape index (κ1) is 14.5. The molecule has 5 nitrogen and oxygen atoms in total. The largest absolute Gasteiger partial charge is 0.374 e. The van der Waals surface area contributed by atoms with Crippen LogP contribution >= 0.6 is 0 Å². The lowest BCUT2D eigenvalue weighted by atomic mass is 10.0. The molecule has 1 fully saturated rings. The number of aryl methyl sites for hydroxylation is 1. The Morgan fingerprint density at radius 3 is 2.95 bits per heavy atom. The smallest absolute Gasteiger partial charge is 0.0897 e. The summed E-state index contributed by atoms with van der Waals surface area (Å²) >= 11 is 0. The van der Waals surface area contributed by atoms with Crippen LogP contribution in [0.4, 0.5) is 0 Å². The van der Waals surface area contributed by atoms with Crippen molar-refractivity contribution in [3.63, 3.8) is 0 Å². The molecule has 0 spiro atoms. The van der Waals surface area contributed by atoms with E-state index >= 15 is 0 Å². The minimum absolute atomic E-state index is 0.208. The van der Waals surface area contributed by atoms with E-state index in [-0.39, 0.29) is 6.10 Å². The highest BCUT2D eigenvalue weighted by Gasteiger charge is 2.33. The molecule has 2 unspecified atom stereocenters. The number of hydrogen-bond acceptors (Lipinski definition) is 4. The maximum absolute atomic E-state index is 5.96. The van der Waals surface area contributed by atoms with Crippen LogP contribution in [0.2, 0.25) is 0 Å². The second kappa shape index (κ2) is 7.03. The monoisotopic (exact) mass is 266 g/mol. The number of rotatable bonds is 6. The van der Waals surface area contributed by atoms with Crippen molar-refractivity contribution >= 4 is 0 Å². The molecule has 1 aliphatic rings. The quantitative estimate of drug-likeness (QED) is 0.842. The van der Waals surface area contributed by atoms with Gasteiger partial charge in [-0.1, -0.05) is 6.92 Å². The Balaban J connectivity index is 2.20. The lowest BCUT2D eigenvalue weighted by Gasteiger charge is -2.40. The molecule has 0 aliphatic carbocycles. The van der Waals surface area contributed by atoms with Crippen LogP contribution in [0.1, 0.15) is 31.9 Å². The molecule has 0 amide bonds. The number of ether oxygens (including phenoxy) is 1. The molecule has 108 valence electrons. The van der Waals surface area contributed by atoms with Crippen molar-refractivity contribution in [1.29, 1.82) is 0 Å². The third-order valence-electron chi connectivity index (χ3n) is 3.69. The minimum Gasteiger partial charge on any atom is -0.374 e. The molecule has 1 aliphatic heterocycles. The molecule has 0 aromatic carbocycles. The highest BCUT2D eigenvalue weighted by atomic mass is 16.5. The van der Waals surface area contributed by atoms with E-state index in [1.54, 1.807) is 0 Å². The average molecular weight is 266 g/mol. The van der Waals surface area contributed by atoms with Crippen LogP contribution < -0.4 is 5.32 Å². The number of hydrogen-bond donors (Lipinski definition) is 1. The van der Waals surface area contributed by atoms with Gasteiger partial charge in [-0.25, -0.2) is 0 Å². The fourth-order valence-electron chi connectivity index (χ4n) is 2.83. The molecule has 1 N–H and O–H groups in total. The lowest BCUT2D eigenvalue weighted by Crippen LogP contribution is -2.48. The molecule has 2 heterocycles. The minimum atomic E-state index is 0.208. The fourth-order valence-corrected chi connectivity index (χ4v) is 2.83. The Bertz CT molecular complexity index is 361. The van der Waals surface area contributed by atoms with Gasteiger partial charge in [0.15, 0.2) is 0 Å². The maximum atomic E-state index is 5.96. The number of nitrogens with one attached hydrogen (secondary N) is 1. The predicted molar refractivity (Wildman–Crippen MR) is 76.2 cm³/mol. The van der Waals surface area contributed by atoms with Crippen LogP contribution in [0.25, 0.3) is 0 Å². The summed E-state index contributed by atoms with van der Waals surface area (Å²) in [6.45, 7) is 9.09. The van der Waals surface area contributed by atoms with Crippen molar-refractivity contribution in [2.75, 3.05) is 33.3 Å². The zero-order valence-corrected chi connectivity index (χ0v) is 12.3. The van der Waals surface area contributed by atoms with Crippen LogP contribution in [-0.2, 0) is 11.3 Å². The first-order valence-electron chi connectivity index (χ1n) is 7.32. The average Bonchev–Trinajstić information content (AvgIpc) is 2.88. The van der Waals surface area contributed by atoms with Gasteiger partial charge in [-0.2, -0.15) is 5.10 Å². The molecule has 0 saturated carbocycles. The molecule has 0 bridgehead atoms. The van der Waals surface area contributed by atoms with Crippen molar-refractivity contribution in [3.05, 3.63) is 18.0 Å². The van der Waals surface area contributed by atoms with Crippen molar-refractivity contribution in [1.82, 2.24) is 20.0 Å². The third-order valence-corrected chi connectivity index (χ3v) is 3.69. The molecule has 1 aromatic heterocycles. The second-order valence-electron chi connectivity index (χ2n) is 5.08. The van der Waals surface area contributed by atoms with E-state index in [1.165, 1.54) is 12.0 Å². The summed E-state index contributed by atoms with van der Waals surface area (Å²) in [5.74, 6) is 0. The van der Waals surface area contributed by atoms with Crippen LogP contribution in [0.3, 0.4) is 0 Å². The van der Waals surface area contributed by atoms with Crippen molar-refractivity contribution in [2.45, 2.75) is 39.0 Å². The van der Waals surface area contributed by atoms with Crippen LogP contribution in [0.5, 0.6) is 0 Å². The van der Waals surface area contributed by atoms with E-state index in [9.17, 15) is 0 Å². The molecule has 2 atom stereocenters. The first-order chi connectivity index (χ1) is 9.30. The number of likely N-dealkylation sites (N-methyl/N-ethyl adjacent to an activating group) is 1.